The van der Waals surface area contributed by atoms with Crippen molar-refractivity contribution < 1.29 is 4.79 Å². The molecule has 4 aromatic carbocycles. The summed E-state index contributed by atoms with van der Waals surface area (Å²) in [7, 11) is 0. The summed E-state index contributed by atoms with van der Waals surface area (Å²) in [6.45, 7) is 0. The minimum Gasteiger partial charge on any atom is -0.294 e. The van der Waals surface area contributed by atoms with Crippen molar-refractivity contribution in [3.63, 3.8) is 0 Å². The van der Waals surface area contributed by atoms with E-state index in [1.165, 1.54) is 0 Å². The summed E-state index contributed by atoms with van der Waals surface area (Å²) in [4.78, 5) is 16.2. The van der Waals surface area contributed by atoms with Crippen molar-refractivity contribution >= 4 is 38.2 Å². The third kappa shape index (κ3) is 3.70. The molecule has 0 aliphatic rings. The number of Topliss-reactive ketones (excluding diaryl/α,β-unsaturated/α-hetero) is 1. The zero-order valence-electron chi connectivity index (χ0n) is 18.3. The van der Waals surface area contributed by atoms with Crippen LogP contribution in [0.4, 0.5) is 0 Å². The summed E-state index contributed by atoms with van der Waals surface area (Å²) in [6.07, 6.45) is 0.327. The first-order chi connectivity index (χ1) is 16.8. The van der Waals surface area contributed by atoms with Crippen molar-refractivity contribution in [1.29, 1.82) is 0 Å². The van der Waals surface area contributed by atoms with Crippen LogP contribution < -0.4 is 0 Å². The molecule has 6 rings (SSSR count). The predicted molar refractivity (Wildman–Crippen MR) is 138 cm³/mol. The third-order valence-electron chi connectivity index (χ3n) is 6.06. The Kier molecular flexibility index (Phi) is 5.24. The van der Waals surface area contributed by atoms with Gasteiger partial charge in [-0.25, -0.2) is 0 Å². The molecule has 0 bridgehead atoms. The first-order valence-electron chi connectivity index (χ1n) is 11.2. The molecule has 0 saturated carbocycles. The molecule has 0 N–H and O–H groups in total. The number of carbonyl (C=O) groups is 1. The first kappa shape index (κ1) is 20.5. The number of benzene rings is 4. The number of thiophene rings is 1. The van der Waals surface area contributed by atoms with Crippen molar-refractivity contribution in [2.45, 2.75) is 12.5 Å². The molecule has 34 heavy (non-hydrogen) atoms. The highest BCUT2D eigenvalue weighted by molar-refractivity contribution is 7.19. The molecule has 0 spiro atoms. The summed E-state index contributed by atoms with van der Waals surface area (Å²) < 4.78 is 1.16. The standard InChI is InChI=1S/C29H21N3OS/c33-26(20-11-3-1-4-12-20)19-23-22-15-7-10-18-27(22)34-29(23)28(21-13-5-2-6-14-21)32-30-24-16-8-9-17-25(24)31-32/h1-18,28H,19H2. The van der Waals surface area contributed by atoms with E-state index in [9.17, 15) is 4.79 Å². The number of nitrogens with zero attached hydrogens (tertiary/aromatic N) is 3. The zero-order valence-corrected chi connectivity index (χ0v) is 19.2. The van der Waals surface area contributed by atoms with Crippen molar-refractivity contribution in [2.24, 2.45) is 0 Å². The Balaban J connectivity index is 1.56. The first-order valence-corrected chi connectivity index (χ1v) is 12.0. The van der Waals surface area contributed by atoms with Gasteiger partial charge in [0.05, 0.1) is 0 Å². The van der Waals surface area contributed by atoms with E-state index in [0.29, 0.717) is 6.42 Å². The molecule has 2 heterocycles. The second kappa shape index (κ2) is 8.69. The van der Waals surface area contributed by atoms with Crippen LogP contribution in [-0.2, 0) is 6.42 Å². The molecule has 0 fully saturated rings. The predicted octanol–water partition coefficient (Wildman–Crippen LogP) is 6.71. The Bertz CT molecular complexity index is 1570. The summed E-state index contributed by atoms with van der Waals surface area (Å²) in [5, 5.41) is 10.8. The van der Waals surface area contributed by atoms with Crippen LogP contribution in [0, 0.1) is 0 Å². The number of carbonyl (C=O) groups excluding carboxylic acids is 1. The van der Waals surface area contributed by atoms with Crippen LogP contribution in [0.5, 0.6) is 0 Å². The summed E-state index contributed by atoms with van der Waals surface area (Å²) in [5.74, 6) is 0.107. The number of ketones is 1. The fraction of sp³-hybridized carbons (Fsp3) is 0.0690. The Hall–Kier alpha value is -4.09. The molecule has 1 atom stereocenters. The molecule has 6 aromatic rings. The third-order valence-corrected chi connectivity index (χ3v) is 7.32. The van der Waals surface area contributed by atoms with Crippen LogP contribution in [0.25, 0.3) is 21.1 Å². The van der Waals surface area contributed by atoms with Gasteiger partial charge in [0.25, 0.3) is 0 Å². The van der Waals surface area contributed by atoms with Gasteiger partial charge < -0.3 is 0 Å². The van der Waals surface area contributed by atoms with Crippen LogP contribution in [-0.4, -0.2) is 20.8 Å². The van der Waals surface area contributed by atoms with E-state index in [1.807, 2.05) is 84.9 Å². The molecule has 5 heteroatoms. The fourth-order valence-electron chi connectivity index (χ4n) is 4.42. The molecule has 0 amide bonds. The van der Waals surface area contributed by atoms with Gasteiger partial charge in [0.2, 0.25) is 0 Å². The maximum Gasteiger partial charge on any atom is 0.167 e. The lowest BCUT2D eigenvalue weighted by Gasteiger charge is -2.17. The van der Waals surface area contributed by atoms with Gasteiger partial charge in [-0.15, -0.1) is 11.3 Å². The highest BCUT2D eigenvalue weighted by Crippen LogP contribution is 2.40. The number of rotatable bonds is 6. The van der Waals surface area contributed by atoms with Crippen molar-refractivity contribution in [3.8, 4) is 0 Å². The van der Waals surface area contributed by atoms with E-state index in [0.717, 1.165) is 42.7 Å². The van der Waals surface area contributed by atoms with E-state index in [1.54, 1.807) is 16.1 Å². The highest BCUT2D eigenvalue weighted by atomic mass is 32.1. The molecular weight excluding hydrogens is 438 g/mol. The number of hydrogen-bond acceptors (Lipinski definition) is 4. The smallest absolute Gasteiger partial charge is 0.167 e. The Morgan fingerprint density at radius 2 is 1.32 bits per heavy atom. The van der Waals surface area contributed by atoms with Gasteiger partial charge in [0.15, 0.2) is 5.78 Å². The van der Waals surface area contributed by atoms with Crippen LogP contribution in [0.2, 0.25) is 0 Å². The van der Waals surface area contributed by atoms with Gasteiger partial charge in [-0.1, -0.05) is 91.0 Å². The summed E-state index contributed by atoms with van der Waals surface area (Å²) >= 11 is 1.72. The van der Waals surface area contributed by atoms with Crippen molar-refractivity contribution in [2.75, 3.05) is 0 Å². The number of aromatic nitrogens is 3. The number of fused-ring (bicyclic) bond motifs is 2. The van der Waals surface area contributed by atoms with Crippen molar-refractivity contribution in [1.82, 2.24) is 15.0 Å². The summed E-state index contributed by atoms with van der Waals surface area (Å²) in [5.41, 5.74) is 4.56. The molecule has 2 aromatic heterocycles. The lowest BCUT2D eigenvalue weighted by Crippen LogP contribution is -2.16. The molecule has 0 aliphatic heterocycles. The van der Waals surface area contributed by atoms with E-state index >= 15 is 0 Å². The second-order valence-corrected chi connectivity index (χ2v) is 9.31. The molecule has 0 radical (unpaired) electrons. The minimum absolute atomic E-state index is 0.107. The van der Waals surface area contributed by atoms with E-state index in [2.05, 4.69) is 24.3 Å². The van der Waals surface area contributed by atoms with Crippen LogP contribution in [0.15, 0.2) is 109 Å². The lowest BCUT2D eigenvalue weighted by atomic mass is 9.96. The average Bonchev–Trinajstić information content (AvgIpc) is 3.47. The van der Waals surface area contributed by atoms with Gasteiger partial charge in [-0.2, -0.15) is 15.0 Å². The summed E-state index contributed by atoms with van der Waals surface area (Å²) in [6, 6.07) is 35.8. The van der Waals surface area contributed by atoms with Gasteiger partial charge in [0, 0.05) is 21.6 Å². The monoisotopic (exact) mass is 459 g/mol. The number of hydrogen-bond donors (Lipinski definition) is 0. The Labute approximate surface area is 201 Å². The van der Waals surface area contributed by atoms with Crippen LogP contribution >= 0.6 is 11.3 Å². The van der Waals surface area contributed by atoms with E-state index in [-0.39, 0.29) is 11.8 Å². The highest BCUT2D eigenvalue weighted by Gasteiger charge is 2.27. The average molecular weight is 460 g/mol. The lowest BCUT2D eigenvalue weighted by molar-refractivity contribution is 0.0993. The largest absolute Gasteiger partial charge is 0.294 e. The second-order valence-electron chi connectivity index (χ2n) is 8.23. The molecule has 1 unspecified atom stereocenters. The molecule has 4 nitrogen and oxygen atoms in total. The van der Waals surface area contributed by atoms with Gasteiger partial charge in [-0.05, 0) is 34.7 Å². The van der Waals surface area contributed by atoms with Crippen molar-refractivity contribution in [3.05, 3.63) is 131 Å². The maximum absolute atomic E-state index is 13.3. The van der Waals surface area contributed by atoms with Crippen LogP contribution in [0.1, 0.15) is 32.4 Å². The minimum atomic E-state index is -0.232. The van der Waals surface area contributed by atoms with Gasteiger partial charge in [-0.3, -0.25) is 4.79 Å². The van der Waals surface area contributed by atoms with Gasteiger partial charge in [0.1, 0.15) is 17.1 Å². The topological polar surface area (TPSA) is 47.8 Å². The maximum atomic E-state index is 13.3. The molecule has 164 valence electrons. The van der Waals surface area contributed by atoms with E-state index in [4.69, 9.17) is 10.2 Å². The molecule has 0 saturated heterocycles. The van der Waals surface area contributed by atoms with Crippen LogP contribution in [0.3, 0.4) is 0 Å². The fourth-order valence-corrected chi connectivity index (χ4v) is 5.76. The van der Waals surface area contributed by atoms with Gasteiger partial charge >= 0.3 is 0 Å². The Morgan fingerprint density at radius 1 is 0.735 bits per heavy atom. The molecule has 0 aliphatic carbocycles. The SMILES string of the molecule is O=C(Cc1c(C(c2ccccc2)n2nc3ccccc3n2)sc2ccccc12)c1ccccc1. The van der Waals surface area contributed by atoms with E-state index < -0.39 is 0 Å². The Morgan fingerprint density at radius 3 is 2.03 bits per heavy atom. The molecular formula is C29H21N3OS. The zero-order chi connectivity index (χ0) is 22.9. The normalized spacial score (nSPS) is 12.2. The quantitative estimate of drug-likeness (QED) is 0.260.